The minimum atomic E-state index is 0. The Bertz CT molecular complexity index is 626. The summed E-state index contributed by atoms with van der Waals surface area (Å²) in [6, 6.07) is 30.8. The normalized spacial score (nSPS) is 8.00. The van der Waals surface area contributed by atoms with Gasteiger partial charge in [-0.15, -0.1) is 24.3 Å². The van der Waals surface area contributed by atoms with Gasteiger partial charge in [0.1, 0.15) is 0 Å². The van der Waals surface area contributed by atoms with Crippen molar-refractivity contribution >= 4 is 0 Å². The number of aromatic nitrogens is 2. The van der Waals surface area contributed by atoms with Crippen LogP contribution in [-0.2, 0) is 20.4 Å². The molecule has 0 N–H and O–H groups in total. The van der Waals surface area contributed by atoms with Gasteiger partial charge in [-0.05, 0) is 0 Å². The van der Waals surface area contributed by atoms with Crippen molar-refractivity contribution in [1.82, 2.24) is 9.97 Å². The van der Waals surface area contributed by atoms with Crippen LogP contribution in [0.25, 0.3) is 0 Å². The van der Waals surface area contributed by atoms with E-state index in [0.717, 1.165) is 11.1 Å². The van der Waals surface area contributed by atoms with Gasteiger partial charge in [-0.25, -0.2) is 0 Å². The van der Waals surface area contributed by atoms with Gasteiger partial charge in [0.25, 0.3) is 0 Å². The first-order chi connectivity index (χ1) is 12.8. The first-order valence-corrected chi connectivity index (χ1v) is 8.07. The van der Waals surface area contributed by atoms with E-state index >= 15 is 0 Å². The molecule has 2 nitrogen and oxygen atoms in total. The Balaban J connectivity index is 0.000000331. The van der Waals surface area contributed by atoms with Crippen molar-refractivity contribution in [3.05, 3.63) is 147 Å². The molecule has 2 aromatic heterocycles. The van der Waals surface area contributed by atoms with Crippen molar-refractivity contribution in [2.45, 2.75) is 0 Å². The molecule has 4 aromatic rings. The van der Waals surface area contributed by atoms with Crippen molar-refractivity contribution in [3.8, 4) is 0 Å². The van der Waals surface area contributed by atoms with E-state index in [9.17, 15) is 0 Å². The molecule has 0 unspecified atom stereocenters. The molecule has 0 atom stereocenters. The van der Waals surface area contributed by atoms with Crippen molar-refractivity contribution < 1.29 is 20.4 Å². The summed E-state index contributed by atoms with van der Waals surface area (Å²) in [5.41, 5.74) is 2.14. The Morgan fingerprint density at radius 3 is 1.00 bits per heavy atom. The summed E-state index contributed by atoms with van der Waals surface area (Å²) in [6.07, 6.45) is 8.67. The van der Waals surface area contributed by atoms with Gasteiger partial charge in [0, 0.05) is 20.4 Å². The largest absolute Gasteiger partial charge is 0.394 e. The van der Waals surface area contributed by atoms with Gasteiger partial charge >= 0.3 is 0 Å². The molecule has 0 fully saturated rings. The van der Waals surface area contributed by atoms with E-state index in [1.54, 1.807) is 24.5 Å². The Morgan fingerprint density at radius 1 is 0.519 bits per heavy atom. The molecule has 2 aromatic carbocycles. The predicted molar refractivity (Wildman–Crippen MR) is 108 cm³/mol. The number of benzene rings is 2. The molecular weight excluding hydrogens is 423 g/mol. The second kappa shape index (κ2) is 17.9. The Morgan fingerprint density at radius 2 is 0.889 bits per heavy atom. The van der Waals surface area contributed by atoms with E-state index in [2.05, 4.69) is 36.2 Å². The second-order valence-electron chi connectivity index (χ2n) is 4.89. The average Bonchev–Trinajstić information content (AvgIpc) is 2.73. The van der Waals surface area contributed by atoms with Crippen LogP contribution >= 0.6 is 0 Å². The molecule has 3 heteroatoms. The van der Waals surface area contributed by atoms with Gasteiger partial charge in [0.05, 0.1) is 0 Å². The molecule has 0 aliphatic heterocycles. The van der Waals surface area contributed by atoms with Crippen LogP contribution in [0.1, 0.15) is 11.1 Å². The third-order valence-corrected chi connectivity index (χ3v) is 2.72. The molecule has 27 heavy (non-hydrogen) atoms. The molecule has 0 saturated carbocycles. The Kier molecular flexibility index (Phi) is 16.0. The van der Waals surface area contributed by atoms with E-state index in [1.165, 1.54) is 0 Å². The van der Waals surface area contributed by atoms with Gasteiger partial charge in [-0.2, -0.15) is 85.6 Å². The molecule has 0 amide bonds. The van der Waals surface area contributed by atoms with Crippen LogP contribution in [0.5, 0.6) is 0 Å². The minimum absolute atomic E-state index is 0. The predicted octanol–water partition coefficient (Wildman–Crippen LogP) is 5.50. The zero-order valence-corrected chi connectivity index (χ0v) is 16.6. The summed E-state index contributed by atoms with van der Waals surface area (Å²) in [5, 5.41) is 0. The smallest absolute Gasteiger partial charge is 0 e. The molecule has 2 heterocycles. The molecule has 142 valence electrons. The third-order valence-electron chi connectivity index (χ3n) is 2.72. The molecule has 0 bridgehead atoms. The summed E-state index contributed by atoms with van der Waals surface area (Å²) in [4.78, 5) is 7.32. The maximum atomic E-state index is 3.72. The SMILES string of the molecule is [CH2-]c1ccccc1.[CH2-]c1ccccc1.[Pd].[c-]1ccccn1.[c-]1ccccn1. The summed E-state index contributed by atoms with van der Waals surface area (Å²) >= 11 is 0. The van der Waals surface area contributed by atoms with Crippen LogP contribution in [0.15, 0.2) is 109 Å². The van der Waals surface area contributed by atoms with Crippen LogP contribution < -0.4 is 0 Å². The summed E-state index contributed by atoms with van der Waals surface area (Å²) in [5.74, 6) is 0. The van der Waals surface area contributed by atoms with Gasteiger partial charge in [-0.3, -0.25) is 0 Å². The first kappa shape index (κ1) is 24.1. The fourth-order valence-corrected chi connectivity index (χ4v) is 1.51. The van der Waals surface area contributed by atoms with Gasteiger partial charge in [0.15, 0.2) is 0 Å². The Hall–Kier alpha value is -2.86. The second-order valence-corrected chi connectivity index (χ2v) is 4.89. The number of hydrogen-bond donors (Lipinski definition) is 0. The molecule has 0 spiro atoms. The fourth-order valence-electron chi connectivity index (χ4n) is 1.51. The molecule has 0 saturated heterocycles. The van der Waals surface area contributed by atoms with Crippen LogP contribution in [-0.4, -0.2) is 9.97 Å². The van der Waals surface area contributed by atoms with Crippen LogP contribution in [0.3, 0.4) is 0 Å². The summed E-state index contributed by atoms with van der Waals surface area (Å²) < 4.78 is 0. The van der Waals surface area contributed by atoms with Gasteiger partial charge in [-0.1, -0.05) is 36.9 Å². The maximum Gasteiger partial charge on any atom is 0 e. The number of pyridine rings is 2. The van der Waals surface area contributed by atoms with Gasteiger partial charge in [0.2, 0.25) is 0 Å². The monoisotopic (exact) mass is 444 g/mol. The van der Waals surface area contributed by atoms with Crippen molar-refractivity contribution in [1.29, 1.82) is 0 Å². The van der Waals surface area contributed by atoms with Gasteiger partial charge < -0.3 is 9.97 Å². The van der Waals surface area contributed by atoms with Crippen molar-refractivity contribution in [2.75, 3.05) is 0 Å². The van der Waals surface area contributed by atoms with E-state index in [4.69, 9.17) is 0 Å². The summed E-state index contributed by atoms with van der Waals surface area (Å²) in [6.45, 7) is 7.44. The van der Waals surface area contributed by atoms with Crippen LogP contribution in [0.2, 0.25) is 0 Å². The van der Waals surface area contributed by atoms with E-state index < -0.39 is 0 Å². The van der Waals surface area contributed by atoms with Crippen molar-refractivity contribution in [3.63, 3.8) is 0 Å². The molecule has 0 aliphatic rings. The molecule has 0 radical (unpaired) electrons. The third kappa shape index (κ3) is 16.4. The zero-order chi connectivity index (χ0) is 18.7. The van der Waals surface area contributed by atoms with Crippen LogP contribution in [0, 0.1) is 26.2 Å². The van der Waals surface area contributed by atoms with Crippen molar-refractivity contribution in [2.24, 2.45) is 0 Å². The molecule has 4 rings (SSSR count). The number of hydrogen-bond acceptors (Lipinski definition) is 2. The standard InChI is InChI=1S/2C7H7.2C5H4N.Pd/c2*1-7-5-3-2-4-6-7;2*1-2-4-6-5-3-1;/h2*2-6H,1H2;2*1-4H;/q4*-1;. The zero-order valence-electron chi connectivity index (χ0n) is 15.0. The van der Waals surface area contributed by atoms with Crippen LogP contribution in [0.4, 0.5) is 0 Å². The topological polar surface area (TPSA) is 25.8 Å². The van der Waals surface area contributed by atoms with E-state index in [-0.39, 0.29) is 20.4 Å². The molecule has 0 aliphatic carbocycles. The minimum Gasteiger partial charge on any atom is -0.394 e. The molecular formula is C24H22N2Pd-4. The summed E-state index contributed by atoms with van der Waals surface area (Å²) in [7, 11) is 0. The number of nitrogens with zero attached hydrogens (tertiary/aromatic N) is 2. The Labute approximate surface area is 177 Å². The maximum absolute atomic E-state index is 3.72. The quantitative estimate of drug-likeness (QED) is 0.264. The average molecular weight is 445 g/mol. The van der Waals surface area contributed by atoms with E-state index in [0.29, 0.717) is 0 Å². The van der Waals surface area contributed by atoms with E-state index in [1.807, 2.05) is 84.9 Å². The first-order valence-electron chi connectivity index (χ1n) is 8.07. The number of rotatable bonds is 0. The fraction of sp³-hybridized carbons (Fsp3) is 0.